The van der Waals surface area contributed by atoms with E-state index in [9.17, 15) is 9.59 Å². The van der Waals surface area contributed by atoms with Crippen LogP contribution in [0.3, 0.4) is 0 Å². The Morgan fingerprint density at radius 1 is 1.21 bits per heavy atom. The van der Waals surface area contributed by atoms with Crippen molar-refractivity contribution in [2.24, 2.45) is 17.6 Å². The molecule has 0 bridgehead atoms. The first-order valence-corrected chi connectivity index (χ1v) is 6.49. The van der Waals surface area contributed by atoms with Gasteiger partial charge >= 0.3 is 0 Å². The van der Waals surface area contributed by atoms with Crippen LogP contribution >= 0.6 is 0 Å². The number of carbonyl (C=O) groups excluding carboxylic acids is 2. The third-order valence-electron chi connectivity index (χ3n) is 4.00. The molecule has 0 radical (unpaired) electrons. The van der Waals surface area contributed by atoms with Gasteiger partial charge < -0.3 is 16.0 Å². The highest BCUT2D eigenvalue weighted by Crippen LogP contribution is 2.44. The van der Waals surface area contributed by atoms with Crippen LogP contribution in [0.25, 0.3) is 0 Å². The molecule has 19 heavy (non-hydrogen) atoms. The average Bonchev–Trinajstić information content (AvgIpc) is 2.81. The van der Waals surface area contributed by atoms with Gasteiger partial charge in [-0.2, -0.15) is 0 Å². The number of carbonyl (C=O) groups is 2. The molecule has 2 atom stereocenters. The van der Waals surface area contributed by atoms with Gasteiger partial charge in [0.1, 0.15) is 0 Å². The smallest absolute Gasteiger partial charge is 0.253 e. The number of fused-ring (bicyclic) bond motifs is 1. The second-order valence-electron chi connectivity index (χ2n) is 5.37. The fourth-order valence-corrected chi connectivity index (χ4v) is 2.82. The molecule has 5 heteroatoms. The zero-order valence-corrected chi connectivity index (χ0v) is 10.8. The number of piperidine rings is 1. The normalized spacial score (nSPS) is 27.9. The molecule has 1 aliphatic heterocycles. The Balaban J connectivity index is 1.66. The van der Waals surface area contributed by atoms with Crippen molar-refractivity contribution in [3.63, 3.8) is 0 Å². The molecule has 100 valence electrons. The number of benzene rings is 1. The Labute approximate surface area is 111 Å². The number of anilines is 1. The maximum atomic E-state index is 12.3. The summed E-state index contributed by atoms with van der Waals surface area (Å²) in [6, 6.07) is 7.29. The first-order valence-electron chi connectivity index (χ1n) is 6.49. The van der Waals surface area contributed by atoms with E-state index in [1.165, 1.54) is 6.92 Å². The van der Waals surface area contributed by atoms with E-state index < -0.39 is 0 Å². The maximum Gasteiger partial charge on any atom is 0.253 e. The first kappa shape index (κ1) is 12.2. The van der Waals surface area contributed by atoms with Crippen molar-refractivity contribution in [2.75, 3.05) is 18.4 Å². The largest absolute Gasteiger partial charge is 0.338 e. The number of nitrogens with zero attached hydrogens (tertiary/aromatic N) is 1. The highest BCUT2D eigenvalue weighted by Gasteiger charge is 2.54. The number of hydrogen-bond donors (Lipinski definition) is 2. The van der Waals surface area contributed by atoms with Crippen LogP contribution in [-0.2, 0) is 4.79 Å². The zero-order valence-electron chi connectivity index (χ0n) is 10.8. The number of nitrogens with two attached hydrogens (primary N) is 1. The summed E-state index contributed by atoms with van der Waals surface area (Å²) in [6.45, 7) is 3.01. The van der Waals surface area contributed by atoms with Gasteiger partial charge in [0, 0.05) is 37.3 Å². The van der Waals surface area contributed by atoms with Gasteiger partial charge in [0.05, 0.1) is 0 Å². The number of rotatable bonds is 2. The van der Waals surface area contributed by atoms with Crippen molar-refractivity contribution in [1.82, 2.24) is 4.90 Å². The lowest BCUT2D eigenvalue weighted by atomic mass is 10.1. The van der Waals surface area contributed by atoms with Gasteiger partial charge in [0.15, 0.2) is 0 Å². The Morgan fingerprint density at radius 3 is 2.32 bits per heavy atom. The predicted molar refractivity (Wildman–Crippen MR) is 71.6 cm³/mol. The third-order valence-corrected chi connectivity index (χ3v) is 4.00. The SMILES string of the molecule is CC(=O)Nc1ccc(C(=O)N2CC3C(N)C3C2)cc1. The molecule has 0 aromatic heterocycles. The average molecular weight is 259 g/mol. The molecule has 3 N–H and O–H groups in total. The van der Waals surface area contributed by atoms with Gasteiger partial charge in [-0.3, -0.25) is 9.59 Å². The van der Waals surface area contributed by atoms with Crippen molar-refractivity contribution >= 4 is 17.5 Å². The predicted octanol–water partition coefficient (Wildman–Crippen LogP) is 0.674. The van der Waals surface area contributed by atoms with Crippen LogP contribution in [0, 0.1) is 11.8 Å². The Bertz CT molecular complexity index is 514. The standard InChI is InChI=1S/C14H17N3O2/c1-8(18)16-10-4-2-9(3-5-10)14(19)17-6-11-12(7-17)13(11)15/h2-5,11-13H,6-7,15H2,1H3,(H,16,18). The van der Waals surface area contributed by atoms with Crippen LogP contribution in [0.4, 0.5) is 5.69 Å². The van der Waals surface area contributed by atoms with E-state index in [1.807, 2.05) is 4.90 Å². The maximum absolute atomic E-state index is 12.3. The number of hydrogen-bond acceptors (Lipinski definition) is 3. The summed E-state index contributed by atoms with van der Waals surface area (Å²) in [4.78, 5) is 25.0. The summed E-state index contributed by atoms with van der Waals surface area (Å²) in [5.74, 6) is 0.937. The fraction of sp³-hybridized carbons (Fsp3) is 0.429. The molecule has 1 aliphatic carbocycles. The first-order chi connectivity index (χ1) is 9.06. The second-order valence-corrected chi connectivity index (χ2v) is 5.37. The zero-order chi connectivity index (χ0) is 13.6. The third kappa shape index (κ3) is 2.21. The van der Waals surface area contributed by atoms with Crippen molar-refractivity contribution in [3.8, 4) is 0 Å². The minimum Gasteiger partial charge on any atom is -0.338 e. The molecular formula is C14H17N3O2. The highest BCUT2D eigenvalue weighted by molar-refractivity contribution is 5.95. The minimum atomic E-state index is -0.118. The summed E-state index contributed by atoms with van der Waals surface area (Å²) >= 11 is 0. The summed E-state index contributed by atoms with van der Waals surface area (Å²) in [5, 5.41) is 2.68. The lowest BCUT2D eigenvalue weighted by Crippen LogP contribution is -2.33. The fourth-order valence-electron chi connectivity index (χ4n) is 2.82. The molecule has 1 aromatic rings. The van der Waals surface area contributed by atoms with E-state index in [4.69, 9.17) is 5.73 Å². The van der Waals surface area contributed by atoms with Crippen LogP contribution in [0.15, 0.2) is 24.3 Å². The molecule has 5 nitrogen and oxygen atoms in total. The summed E-state index contributed by atoms with van der Waals surface area (Å²) in [7, 11) is 0. The van der Waals surface area contributed by atoms with Gasteiger partial charge in [0.2, 0.25) is 5.91 Å². The molecule has 2 aliphatic rings. The lowest BCUT2D eigenvalue weighted by molar-refractivity contribution is -0.114. The van der Waals surface area contributed by atoms with Gasteiger partial charge in [-0.1, -0.05) is 0 Å². The van der Waals surface area contributed by atoms with Crippen LogP contribution in [0.1, 0.15) is 17.3 Å². The molecule has 1 saturated heterocycles. The second kappa shape index (κ2) is 4.35. The molecule has 1 aromatic carbocycles. The van der Waals surface area contributed by atoms with Gasteiger partial charge in [-0.15, -0.1) is 0 Å². The van der Waals surface area contributed by atoms with Crippen LogP contribution in [0.2, 0.25) is 0 Å². The molecule has 1 heterocycles. The number of amides is 2. The van der Waals surface area contributed by atoms with E-state index in [-0.39, 0.29) is 11.8 Å². The van der Waals surface area contributed by atoms with Crippen LogP contribution < -0.4 is 11.1 Å². The Kier molecular flexibility index (Phi) is 2.78. The topological polar surface area (TPSA) is 75.4 Å². The van der Waals surface area contributed by atoms with Crippen molar-refractivity contribution in [2.45, 2.75) is 13.0 Å². The monoisotopic (exact) mass is 259 g/mol. The van der Waals surface area contributed by atoms with Crippen LogP contribution in [0.5, 0.6) is 0 Å². The number of nitrogens with one attached hydrogen (secondary N) is 1. The highest BCUT2D eigenvalue weighted by atomic mass is 16.2. The van der Waals surface area contributed by atoms with Crippen molar-refractivity contribution < 1.29 is 9.59 Å². The van der Waals surface area contributed by atoms with E-state index in [0.717, 1.165) is 13.1 Å². The van der Waals surface area contributed by atoms with Gasteiger partial charge in [0.25, 0.3) is 5.91 Å². The molecule has 0 spiro atoms. The molecule has 2 unspecified atom stereocenters. The van der Waals surface area contributed by atoms with Crippen molar-refractivity contribution in [1.29, 1.82) is 0 Å². The van der Waals surface area contributed by atoms with E-state index in [1.54, 1.807) is 24.3 Å². The molecule has 1 saturated carbocycles. The minimum absolute atomic E-state index is 0.0498. The summed E-state index contributed by atoms with van der Waals surface area (Å²) in [5.41, 5.74) is 7.22. The Morgan fingerprint density at radius 2 is 1.79 bits per heavy atom. The van der Waals surface area contributed by atoms with Crippen LogP contribution in [-0.4, -0.2) is 35.8 Å². The number of likely N-dealkylation sites (tertiary alicyclic amines) is 1. The Hall–Kier alpha value is -1.88. The van der Waals surface area contributed by atoms with Gasteiger partial charge in [-0.05, 0) is 36.1 Å². The van der Waals surface area contributed by atoms with E-state index in [0.29, 0.717) is 29.1 Å². The quantitative estimate of drug-likeness (QED) is 0.820. The molecular weight excluding hydrogens is 242 g/mol. The van der Waals surface area contributed by atoms with Crippen molar-refractivity contribution in [3.05, 3.63) is 29.8 Å². The van der Waals surface area contributed by atoms with E-state index >= 15 is 0 Å². The molecule has 2 amide bonds. The molecule has 2 fully saturated rings. The summed E-state index contributed by atoms with van der Waals surface area (Å²) in [6.07, 6.45) is 0. The molecule has 3 rings (SSSR count). The lowest BCUT2D eigenvalue weighted by Gasteiger charge is -2.19. The van der Waals surface area contributed by atoms with E-state index in [2.05, 4.69) is 5.32 Å². The summed E-state index contributed by atoms with van der Waals surface area (Å²) < 4.78 is 0. The van der Waals surface area contributed by atoms with Gasteiger partial charge in [-0.25, -0.2) is 0 Å².